The number of nitrogens with zero attached hydrogens (tertiary/aromatic N) is 3. The molecule has 0 unspecified atom stereocenters. The summed E-state index contributed by atoms with van der Waals surface area (Å²) in [7, 11) is 0. The molecule has 1 aliphatic rings. The van der Waals surface area contributed by atoms with Crippen molar-refractivity contribution < 1.29 is 4.74 Å². The zero-order chi connectivity index (χ0) is 12.1. The van der Waals surface area contributed by atoms with Gasteiger partial charge >= 0.3 is 0 Å². The van der Waals surface area contributed by atoms with E-state index >= 15 is 0 Å². The smallest absolute Gasteiger partial charge is 0.234 e. The number of hydrogen-bond donors (Lipinski definition) is 0. The van der Waals surface area contributed by atoms with E-state index in [0.29, 0.717) is 18.5 Å². The van der Waals surface area contributed by atoms with E-state index in [2.05, 4.69) is 30.8 Å². The summed E-state index contributed by atoms with van der Waals surface area (Å²) in [5, 5.41) is 0.948. The average molecular weight is 300 g/mol. The van der Waals surface area contributed by atoms with Gasteiger partial charge < -0.3 is 9.64 Å². The molecule has 0 spiro atoms. The zero-order valence-corrected chi connectivity index (χ0v) is 11.7. The third-order valence-electron chi connectivity index (χ3n) is 3.03. The minimum absolute atomic E-state index is 0.615. The predicted molar refractivity (Wildman–Crippen MR) is 72.0 cm³/mol. The lowest BCUT2D eigenvalue weighted by atomic mass is 9.91. The Hall–Kier alpha value is -0.840. The van der Waals surface area contributed by atoms with Crippen molar-refractivity contribution in [2.75, 3.05) is 23.4 Å². The number of aromatic nitrogens is 2. The van der Waals surface area contributed by atoms with Crippen molar-refractivity contribution in [2.24, 2.45) is 0 Å². The number of halogens is 1. The first-order chi connectivity index (χ1) is 8.35. The largest absolute Gasteiger partial charge is 0.477 e. The highest BCUT2D eigenvalue weighted by Gasteiger charge is 2.25. The van der Waals surface area contributed by atoms with Gasteiger partial charge in [0.05, 0.1) is 19.0 Å². The molecule has 0 bridgehead atoms. The quantitative estimate of drug-likeness (QED) is 0.757. The maximum atomic E-state index is 5.39. The van der Waals surface area contributed by atoms with Gasteiger partial charge in [-0.2, -0.15) is 4.98 Å². The van der Waals surface area contributed by atoms with Gasteiger partial charge in [-0.15, -0.1) is 0 Å². The normalized spacial score (nSPS) is 15.4. The minimum atomic E-state index is 0.615. The molecule has 1 fully saturated rings. The highest BCUT2D eigenvalue weighted by Crippen LogP contribution is 2.28. The summed E-state index contributed by atoms with van der Waals surface area (Å²) in [6.45, 7) is 3.55. The summed E-state index contributed by atoms with van der Waals surface area (Å²) in [4.78, 5) is 11.0. The van der Waals surface area contributed by atoms with Gasteiger partial charge in [0.2, 0.25) is 5.88 Å². The number of anilines is 1. The van der Waals surface area contributed by atoms with Crippen molar-refractivity contribution in [1.82, 2.24) is 9.97 Å². The minimum Gasteiger partial charge on any atom is -0.477 e. The van der Waals surface area contributed by atoms with Crippen molar-refractivity contribution in [3.8, 4) is 5.88 Å². The van der Waals surface area contributed by atoms with E-state index in [1.807, 2.05) is 13.1 Å². The summed E-state index contributed by atoms with van der Waals surface area (Å²) in [6, 6.07) is 0.624. The molecule has 1 heterocycles. The molecule has 1 aromatic rings. The van der Waals surface area contributed by atoms with Gasteiger partial charge in [-0.3, -0.25) is 4.98 Å². The monoisotopic (exact) mass is 299 g/mol. The molecule has 5 heteroatoms. The molecule has 0 N–H and O–H groups in total. The molecule has 1 aromatic heterocycles. The number of hydrogen-bond acceptors (Lipinski definition) is 4. The summed E-state index contributed by atoms with van der Waals surface area (Å²) in [5.41, 5.74) is 0. The predicted octanol–water partition coefficient (Wildman–Crippen LogP) is 2.63. The molecule has 0 amide bonds. The molecule has 1 aliphatic carbocycles. The Morgan fingerprint density at radius 3 is 2.88 bits per heavy atom. The van der Waals surface area contributed by atoms with Gasteiger partial charge in [-0.25, -0.2) is 0 Å². The molecule has 4 nitrogen and oxygen atoms in total. The Kier molecular flexibility index (Phi) is 4.59. The fourth-order valence-electron chi connectivity index (χ4n) is 1.97. The SMILES string of the molecule is CCOc1cncc(N(CCBr)C2CCC2)n1. The first-order valence-electron chi connectivity index (χ1n) is 6.12. The molecule has 2 rings (SSSR count). The maximum Gasteiger partial charge on any atom is 0.234 e. The van der Waals surface area contributed by atoms with Crippen LogP contribution in [0.4, 0.5) is 5.82 Å². The third kappa shape index (κ3) is 3.09. The van der Waals surface area contributed by atoms with Crippen LogP contribution in [0, 0.1) is 0 Å². The number of ether oxygens (including phenoxy) is 1. The first kappa shape index (κ1) is 12.6. The lowest BCUT2D eigenvalue weighted by Gasteiger charge is -2.38. The fraction of sp³-hybridized carbons (Fsp3) is 0.667. The van der Waals surface area contributed by atoms with Crippen LogP contribution in [-0.2, 0) is 0 Å². The molecular weight excluding hydrogens is 282 g/mol. The Balaban J connectivity index is 2.13. The molecule has 0 atom stereocenters. The van der Waals surface area contributed by atoms with Crippen molar-refractivity contribution in [3.63, 3.8) is 0 Å². The van der Waals surface area contributed by atoms with Crippen molar-refractivity contribution in [1.29, 1.82) is 0 Å². The maximum absolute atomic E-state index is 5.39. The first-order valence-corrected chi connectivity index (χ1v) is 7.24. The topological polar surface area (TPSA) is 38.2 Å². The highest BCUT2D eigenvalue weighted by atomic mass is 79.9. The van der Waals surface area contributed by atoms with E-state index in [4.69, 9.17) is 4.74 Å². The van der Waals surface area contributed by atoms with Gasteiger partial charge in [-0.1, -0.05) is 15.9 Å². The zero-order valence-electron chi connectivity index (χ0n) is 10.1. The van der Waals surface area contributed by atoms with Crippen LogP contribution >= 0.6 is 15.9 Å². The van der Waals surface area contributed by atoms with E-state index in [-0.39, 0.29) is 0 Å². The van der Waals surface area contributed by atoms with Crippen LogP contribution in [0.3, 0.4) is 0 Å². The van der Waals surface area contributed by atoms with Crippen LogP contribution in [0.2, 0.25) is 0 Å². The summed E-state index contributed by atoms with van der Waals surface area (Å²) < 4.78 is 5.39. The van der Waals surface area contributed by atoms with Crippen molar-refractivity contribution in [3.05, 3.63) is 12.4 Å². The van der Waals surface area contributed by atoms with Gasteiger partial charge in [0.15, 0.2) is 5.82 Å². The second-order valence-electron chi connectivity index (χ2n) is 4.12. The lowest BCUT2D eigenvalue weighted by Crippen LogP contribution is -2.42. The van der Waals surface area contributed by atoms with Gasteiger partial charge in [0, 0.05) is 17.9 Å². The van der Waals surface area contributed by atoms with Crippen LogP contribution in [0.25, 0.3) is 0 Å². The van der Waals surface area contributed by atoms with Crippen LogP contribution in [-0.4, -0.2) is 34.5 Å². The van der Waals surface area contributed by atoms with E-state index in [9.17, 15) is 0 Å². The highest BCUT2D eigenvalue weighted by molar-refractivity contribution is 9.09. The molecule has 94 valence electrons. The van der Waals surface area contributed by atoms with Gasteiger partial charge in [0.1, 0.15) is 0 Å². The molecule has 0 aliphatic heterocycles. The molecule has 0 aromatic carbocycles. The molecule has 17 heavy (non-hydrogen) atoms. The Morgan fingerprint density at radius 1 is 1.47 bits per heavy atom. The van der Waals surface area contributed by atoms with Gasteiger partial charge in [-0.05, 0) is 26.2 Å². The second kappa shape index (κ2) is 6.19. The van der Waals surface area contributed by atoms with Crippen molar-refractivity contribution >= 4 is 21.7 Å². The second-order valence-corrected chi connectivity index (χ2v) is 4.91. The van der Waals surface area contributed by atoms with Gasteiger partial charge in [0.25, 0.3) is 0 Å². The van der Waals surface area contributed by atoms with E-state index in [1.165, 1.54) is 19.3 Å². The summed E-state index contributed by atoms with van der Waals surface area (Å²) in [5.74, 6) is 1.55. The molecule has 1 saturated carbocycles. The van der Waals surface area contributed by atoms with Crippen LogP contribution in [0.5, 0.6) is 5.88 Å². The average Bonchev–Trinajstić information content (AvgIpc) is 2.27. The van der Waals surface area contributed by atoms with E-state index < -0.39 is 0 Å². The van der Waals surface area contributed by atoms with E-state index in [0.717, 1.165) is 17.7 Å². The Bertz CT molecular complexity index is 357. The Morgan fingerprint density at radius 2 is 2.29 bits per heavy atom. The standard InChI is InChI=1S/C12H18BrN3O/c1-2-17-12-9-14-8-11(15-12)16(7-6-13)10-4-3-5-10/h8-10H,2-7H2,1H3. The molecule has 0 radical (unpaired) electrons. The summed E-state index contributed by atoms with van der Waals surface area (Å²) >= 11 is 3.50. The summed E-state index contributed by atoms with van der Waals surface area (Å²) in [6.07, 6.45) is 7.33. The molecular formula is C12H18BrN3O. The van der Waals surface area contributed by atoms with Crippen LogP contribution in [0.15, 0.2) is 12.4 Å². The van der Waals surface area contributed by atoms with Crippen LogP contribution in [0.1, 0.15) is 26.2 Å². The third-order valence-corrected chi connectivity index (χ3v) is 3.38. The molecule has 0 saturated heterocycles. The Labute approximate surface area is 111 Å². The number of rotatable bonds is 6. The lowest BCUT2D eigenvalue weighted by molar-refractivity contribution is 0.323. The van der Waals surface area contributed by atoms with Crippen molar-refractivity contribution in [2.45, 2.75) is 32.2 Å². The van der Waals surface area contributed by atoms with E-state index in [1.54, 1.807) is 6.20 Å². The number of alkyl halides is 1. The fourth-order valence-corrected chi connectivity index (χ4v) is 2.35. The van der Waals surface area contributed by atoms with Crippen LogP contribution < -0.4 is 9.64 Å².